The molecule has 1 saturated heterocycles. The normalized spacial score (nSPS) is 17.2. The molecular weight excluding hydrogens is 294 g/mol. The highest BCUT2D eigenvalue weighted by molar-refractivity contribution is 7.99. The molecule has 0 atom stereocenters. The average Bonchev–Trinajstić information content (AvgIpc) is 2.43. The lowest BCUT2D eigenvalue weighted by Crippen LogP contribution is -2.39. The van der Waals surface area contributed by atoms with Gasteiger partial charge < -0.3 is 10.6 Å². The van der Waals surface area contributed by atoms with Crippen molar-refractivity contribution >= 4 is 27.5 Å². The molecule has 1 aliphatic rings. The van der Waals surface area contributed by atoms with E-state index < -0.39 is 10.0 Å². The summed E-state index contributed by atoms with van der Waals surface area (Å²) in [5.74, 6) is 2.25. The summed E-state index contributed by atoms with van der Waals surface area (Å²) in [6.45, 7) is 5.10. The van der Waals surface area contributed by atoms with Crippen LogP contribution in [0, 0.1) is 6.92 Å². The van der Waals surface area contributed by atoms with Crippen LogP contribution < -0.4 is 10.5 Å². The van der Waals surface area contributed by atoms with E-state index in [0.29, 0.717) is 12.2 Å². The van der Waals surface area contributed by atoms with Gasteiger partial charge in [-0.1, -0.05) is 6.07 Å². The first-order valence-corrected chi connectivity index (χ1v) is 9.29. The first kappa shape index (κ1) is 15.6. The van der Waals surface area contributed by atoms with E-state index in [1.165, 1.54) is 6.07 Å². The molecule has 1 aliphatic heterocycles. The van der Waals surface area contributed by atoms with E-state index in [1.54, 1.807) is 12.1 Å². The Hall–Kier alpha value is -0.760. The van der Waals surface area contributed by atoms with Crippen LogP contribution in [-0.4, -0.2) is 51.0 Å². The van der Waals surface area contributed by atoms with Crippen molar-refractivity contribution in [2.45, 2.75) is 11.8 Å². The Labute approximate surface area is 125 Å². The fourth-order valence-electron chi connectivity index (χ4n) is 2.03. The van der Waals surface area contributed by atoms with Gasteiger partial charge in [0, 0.05) is 43.4 Å². The number of hydrogen-bond acceptors (Lipinski definition) is 5. The van der Waals surface area contributed by atoms with Crippen LogP contribution in [0.5, 0.6) is 0 Å². The van der Waals surface area contributed by atoms with Crippen LogP contribution in [0.4, 0.5) is 5.69 Å². The standard InChI is InChI=1S/C13H21N3O2S2/c1-11-2-3-12(10-13(11)14)20(17,18)15-4-5-16-6-8-19-9-7-16/h2-3,10,15H,4-9,14H2,1H3. The van der Waals surface area contributed by atoms with E-state index in [4.69, 9.17) is 5.73 Å². The molecule has 0 unspecified atom stereocenters. The summed E-state index contributed by atoms with van der Waals surface area (Å²) in [6, 6.07) is 4.83. The van der Waals surface area contributed by atoms with Crippen molar-refractivity contribution in [2.75, 3.05) is 43.4 Å². The van der Waals surface area contributed by atoms with Gasteiger partial charge >= 0.3 is 0 Å². The van der Waals surface area contributed by atoms with Gasteiger partial charge in [0.1, 0.15) is 0 Å². The number of anilines is 1. The predicted molar refractivity (Wildman–Crippen MR) is 84.5 cm³/mol. The molecule has 1 fully saturated rings. The topological polar surface area (TPSA) is 75.4 Å². The second-order valence-electron chi connectivity index (χ2n) is 4.87. The maximum Gasteiger partial charge on any atom is 0.240 e. The van der Waals surface area contributed by atoms with Crippen LogP contribution in [0.1, 0.15) is 5.56 Å². The SMILES string of the molecule is Cc1ccc(S(=O)(=O)NCCN2CCSCC2)cc1N. The Balaban J connectivity index is 1.91. The molecule has 3 N–H and O–H groups in total. The number of rotatable bonds is 5. The molecule has 1 heterocycles. The molecule has 1 aromatic rings. The minimum absolute atomic E-state index is 0.231. The monoisotopic (exact) mass is 315 g/mol. The van der Waals surface area contributed by atoms with Crippen molar-refractivity contribution in [2.24, 2.45) is 0 Å². The van der Waals surface area contributed by atoms with Gasteiger partial charge in [0.2, 0.25) is 10.0 Å². The molecule has 0 bridgehead atoms. The van der Waals surface area contributed by atoms with Crippen molar-refractivity contribution in [1.82, 2.24) is 9.62 Å². The maximum atomic E-state index is 12.1. The molecule has 1 aromatic carbocycles. The van der Waals surface area contributed by atoms with Crippen LogP contribution in [0.15, 0.2) is 23.1 Å². The molecule has 112 valence electrons. The third kappa shape index (κ3) is 4.12. The zero-order chi connectivity index (χ0) is 14.6. The van der Waals surface area contributed by atoms with Crippen LogP contribution in [0.3, 0.4) is 0 Å². The van der Waals surface area contributed by atoms with Crippen LogP contribution in [0.25, 0.3) is 0 Å². The van der Waals surface area contributed by atoms with Crippen molar-refractivity contribution in [3.63, 3.8) is 0 Å². The molecule has 0 aliphatic carbocycles. The molecule has 0 saturated carbocycles. The zero-order valence-corrected chi connectivity index (χ0v) is 13.3. The Morgan fingerprint density at radius 3 is 2.70 bits per heavy atom. The molecule has 0 amide bonds. The molecule has 20 heavy (non-hydrogen) atoms. The second kappa shape index (κ2) is 6.80. The summed E-state index contributed by atoms with van der Waals surface area (Å²) in [5.41, 5.74) is 7.15. The number of hydrogen-bond donors (Lipinski definition) is 2. The fourth-order valence-corrected chi connectivity index (χ4v) is 4.07. The summed E-state index contributed by atoms with van der Waals surface area (Å²) < 4.78 is 26.9. The summed E-state index contributed by atoms with van der Waals surface area (Å²) in [7, 11) is -3.46. The highest BCUT2D eigenvalue weighted by Crippen LogP contribution is 2.17. The van der Waals surface area contributed by atoms with Crippen LogP contribution in [-0.2, 0) is 10.0 Å². The first-order chi connectivity index (χ1) is 9.49. The summed E-state index contributed by atoms with van der Waals surface area (Å²) in [5, 5.41) is 0. The number of nitrogens with one attached hydrogen (secondary N) is 1. The lowest BCUT2D eigenvalue weighted by molar-refractivity contribution is 0.307. The van der Waals surface area contributed by atoms with Gasteiger partial charge in [-0.3, -0.25) is 0 Å². The van der Waals surface area contributed by atoms with Crippen molar-refractivity contribution in [1.29, 1.82) is 0 Å². The minimum Gasteiger partial charge on any atom is -0.398 e. The lowest BCUT2D eigenvalue weighted by atomic mass is 10.2. The van der Waals surface area contributed by atoms with E-state index >= 15 is 0 Å². The molecule has 0 spiro atoms. The number of nitrogen functional groups attached to an aromatic ring is 1. The Morgan fingerprint density at radius 1 is 1.35 bits per heavy atom. The fraction of sp³-hybridized carbons (Fsp3) is 0.538. The van der Waals surface area contributed by atoms with Gasteiger partial charge in [-0.25, -0.2) is 13.1 Å². The highest BCUT2D eigenvalue weighted by atomic mass is 32.2. The van der Waals surface area contributed by atoms with Crippen molar-refractivity contribution in [3.05, 3.63) is 23.8 Å². The van der Waals surface area contributed by atoms with Gasteiger partial charge in [0.25, 0.3) is 0 Å². The quantitative estimate of drug-likeness (QED) is 0.790. The van der Waals surface area contributed by atoms with Gasteiger partial charge in [-0.2, -0.15) is 11.8 Å². The van der Waals surface area contributed by atoms with Gasteiger partial charge in [0.15, 0.2) is 0 Å². The largest absolute Gasteiger partial charge is 0.398 e. The smallest absolute Gasteiger partial charge is 0.240 e. The molecule has 0 radical (unpaired) electrons. The Morgan fingerprint density at radius 2 is 2.05 bits per heavy atom. The second-order valence-corrected chi connectivity index (χ2v) is 7.86. The third-order valence-electron chi connectivity index (χ3n) is 3.38. The zero-order valence-electron chi connectivity index (χ0n) is 11.6. The molecule has 0 aromatic heterocycles. The van der Waals surface area contributed by atoms with E-state index in [2.05, 4.69) is 9.62 Å². The van der Waals surface area contributed by atoms with Crippen molar-refractivity contribution in [3.8, 4) is 0 Å². The maximum absolute atomic E-state index is 12.1. The first-order valence-electron chi connectivity index (χ1n) is 6.65. The van der Waals surface area contributed by atoms with Crippen molar-refractivity contribution < 1.29 is 8.42 Å². The molecule has 2 rings (SSSR count). The molecular formula is C13H21N3O2S2. The number of nitrogens with two attached hydrogens (primary N) is 1. The Kier molecular flexibility index (Phi) is 5.31. The number of benzene rings is 1. The molecule has 7 heteroatoms. The highest BCUT2D eigenvalue weighted by Gasteiger charge is 2.16. The van der Waals surface area contributed by atoms with E-state index in [9.17, 15) is 8.42 Å². The number of thioether (sulfide) groups is 1. The number of aryl methyl sites for hydroxylation is 1. The van der Waals surface area contributed by atoms with E-state index in [0.717, 1.165) is 36.7 Å². The third-order valence-corrected chi connectivity index (χ3v) is 5.79. The van der Waals surface area contributed by atoms with Crippen LogP contribution in [0.2, 0.25) is 0 Å². The van der Waals surface area contributed by atoms with Gasteiger partial charge in [-0.15, -0.1) is 0 Å². The van der Waals surface area contributed by atoms with E-state index in [1.807, 2.05) is 18.7 Å². The minimum atomic E-state index is -3.46. The Bertz CT molecular complexity index is 555. The average molecular weight is 315 g/mol. The van der Waals surface area contributed by atoms with E-state index in [-0.39, 0.29) is 4.90 Å². The lowest BCUT2D eigenvalue weighted by Gasteiger charge is -2.25. The number of sulfonamides is 1. The molecule has 5 nitrogen and oxygen atoms in total. The van der Waals surface area contributed by atoms with Gasteiger partial charge in [-0.05, 0) is 24.6 Å². The summed E-state index contributed by atoms with van der Waals surface area (Å²) in [4.78, 5) is 2.51. The van der Waals surface area contributed by atoms with Crippen LogP contribution >= 0.6 is 11.8 Å². The summed E-state index contributed by atoms with van der Waals surface area (Å²) in [6.07, 6.45) is 0. The van der Waals surface area contributed by atoms with Gasteiger partial charge in [0.05, 0.1) is 4.90 Å². The predicted octanol–water partition coefficient (Wildman–Crippen LogP) is 0.904. The summed E-state index contributed by atoms with van der Waals surface area (Å²) >= 11 is 1.94. The number of nitrogens with zero attached hydrogens (tertiary/aromatic N) is 1.